The van der Waals surface area contributed by atoms with Crippen molar-refractivity contribution in [2.24, 2.45) is 0 Å². The van der Waals surface area contributed by atoms with Crippen LogP contribution in [0.15, 0.2) is 24.3 Å². The average Bonchev–Trinajstić information content (AvgIpc) is 2.55. The van der Waals surface area contributed by atoms with Crippen LogP contribution in [0.3, 0.4) is 0 Å². The standard InChI is InChI=1S/C12H15NOS/c14-15-9-10-3-1-2-4-11(10)12(15)5-7-13-8-6-12/h1-4,13H,5-9H2/t15-/m0/s1. The molecule has 2 nitrogen and oxygen atoms in total. The average molecular weight is 221 g/mol. The van der Waals surface area contributed by atoms with E-state index < -0.39 is 10.8 Å². The lowest BCUT2D eigenvalue weighted by molar-refractivity contribution is 0.416. The Morgan fingerprint density at radius 1 is 1.20 bits per heavy atom. The monoisotopic (exact) mass is 221 g/mol. The van der Waals surface area contributed by atoms with E-state index in [9.17, 15) is 4.21 Å². The minimum absolute atomic E-state index is 0.0259. The highest BCUT2D eigenvalue weighted by atomic mass is 32.2. The molecule has 1 fully saturated rings. The molecule has 2 aliphatic heterocycles. The van der Waals surface area contributed by atoms with Gasteiger partial charge in [-0.25, -0.2) is 0 Å². The number of rotatable bonds is 0. The number of hydrogen-bond acceptors (Lipinski definition) is 2. The quantitative estimate of drug-likeness (QED) is 0.720. The van der Waals surface area contributed by atoms with Crippen LogP contribution < -0.4 is 5.32 Å². The van der Waals surface area contributed by atoms with Crippen LogP contribution in [0.2, 0.25) is 0 Å². The molecule has 15 heavy (non-hydrogen) atoms. The Morgan fingerprint density at radius 2 is 1.93 bits per heavy atom. The number of piperidine rings is 1. The molecule has 0 bridgehead atoms. The SMILES string of the molecule is O=[S@]1Cc2ccccc2C12CCNCC2. The van der Waals surface area contributed by atoms with Crippen LogP contribution in [0, 0.1) is 0 Å². The van der Waals surface area contributed by atoms with Gasteiger partial charge < -0.3 is 5.32 Å². The third kappa shape index (κ3) is 1.30. The maximum absolute atomic E-state index is 12.3. The fourth-order valence-corrected chi connectivity index (χ4v) is 4.73. The van der Waals surface area contributed by atoms with Gasteiger partial charge in [-0.05, 0) is 37.1 Å². The molecule has 1 N–H and O–H groups in total. The molecule has 0 aliphatic carbocycles. The molecule has 2 aliphatic rings. The molecular weight excluding hydrogens is 206 g/mol. The Balaban J connectivity index is 2.11. The van der Waals surface area contributed by atoms with Crippen LogP contribution in [0.5, 0.6) is 0 Å². The van der Waals surface area contributed by atoms with Gasteiger partial charge in [0.2, 0.25) is 0 Å². The summed E-state index contributed by atoms with van der Waals surface area (Å²) >= 11 is 0. The summed E-state index contributed by atoms with van der Waals surface area (Å²) in [6.45, 7) is 2.00. The van der Waals surface area contributed by atoms with Gasteiger partial charge in [-0.15, -0.1) is 0 Å². The third-order valence-electron chi connectivity index (χ3n) is 3.64. The van der Waals surface area contributed by atoms with E-state index in [0.717, 1.165) is 31.7 Å². The normalized spacial score (nSPS) is 27.9. The summed E-state index contributed by atoms with van der Waals surface area (Å²) in [7, 11) is -0.704. The summed E-state index contributed by atoms with van der Waals surface area (Å²) in [5, 5.41) is 3.35. The van der Waals surface area contributed by atoms with E-state index in [-0.39, 0.29) is 4.75 Å². The van der Waals surface area contributed by atoms with Crippen molar-refractivity contribution in [1.82, 2.24) is 5.32 Å². The zero-order chi connectivity index (χ0) is 10.3. The molecule has 0 aromatic heterocycles. The first-order valence-corrected chi connectivity index (χ1v) is 6.82. The molecule has 0 unspecified atom stereocenters. The number of fused-ring (bicyclic) bond motifs is 2. The van der Waals surface area contributed by atoms with Gasteiger partial charge in [0, 0.05) is 16.6 Å². The zero-order valence-corrected chi connectivity index (χ0v) is 9.48. The van der Waals surface area contributed by atoms with Crippen LogP contribution in [0.1, 0.15) is 24.0 Å². The maximum atomic E-state index is 12.3. The lowest BCUT2D eigenvalue weighted by Gasteiger charge is -2.33. The molecule has 3 heteroatoms. The minimum atomic E-state index is -0.704. The zero-order valence-electron chi connectivity index (χ0n) is 8.66. The van der Waals surface area contributed by atoms with Crippen LogP contribution in [0.25, 0.3) is 0 Å². The fourth-order valence-electron chi connectivity index (χ4n) is 2.82. The molecule has 1 aromatic carbocycles. The van der Waals surface area contributed by atoms with Gasteiger partial charge in [0.15, 0.2) is 0 Å². The van der Waals surface area contributed by atoms with Gasteiger partial charge in [0.05, 0.1) is 4.75 Å². The highest BCUT2D eigenvalue weighted by molar-refractivity contribution is 7.85. The largest absolute Gasteiger partial charge is 0.317 e. The smallest absolute Gasteiger partial charge is 0.0737 e. The first-order chi connectivity index (χ1) is 7.33. The summed E-state index contributed by atoms with van der Waals surface area (Å²) in [4.78, 5) is 0. The van der Waals surface area contributed by atoms with Crippen LogP contribution in [-0.4, -0.2) is 17.3 Å². The van der Waals surface area contributed by atoms with Gasteiger partial charge in [-0.1, -0.05) is 24.3 Å². The maximum Gasteiger partial charge on any atom is 0.0737 e. The second-order valence-corrected chi connectivity index (χ2v) is 6.15. The Bertz CT molecular complexity index is 410. The predicted octanol–water partition coefficient (Wildman–Crippen LogP) is 1.53. The lowest BCUT2D eigenvalue weighted by Crippen LogP contribution is -2.40. The van der Waals surface area contributed by atoms with Crippen LogP contribution in [0.4, 0.5) is 0 Å². The molecule has 0 amide bonds. The van der Waals surface area contributed by atoms with Crippen molar-refractivity contribution in [3.63, 3.8) is 0 Å². The second-order valence-electron chi connectivity index (χ2n) is 4.39. The van der Waals surface area contributed by atoms with E-state index in [1.165, 1.54) is 11.1 Å². The van der Waals surface area contributed by atoms with E-state index in [0.29, 0.717) is 0 Å². The highest BCUT2D eigenvalue weighted by Gasteiger charge is 2.45. The molecule has 1 aromatic rings. The Kier molecular flexibility index (Phi) is 2.18. The van der Waals surface area contributed by atoms with Gasteiger partial charge in [0.25, 0.3) is 0 Å². The molecule has 80 valence electrons. The lowest BCUT2D eigenvalue weighted by atomic mass is 9.87. The molecule has 1 atom stereocenters. The third-order valence-corrected chi connectivity index (χ3v) is 5.71. The van der Waals surface area contributed by atoms with Gasteiger partial charge in [-0.3, -0.25) is 4.21 Å². The van der Waals surface area contributed by atoms with Crippen molar-refractivity contribution in [2.45, 2.75) is 23.3 Å². The summed E-state index contributed by atoms with van der Waals surface area (Å²) < 4.78 is 12.3. The topological polar surface area (TPSA) is 29.1 Å². The number of hydrogen-bond donors (Lipinski definition) is 1. The van der Waals surface area contributed by atoms with E-state index in [2.05, 4.69) is 29.6 Å². The van der Waals surface area contributed by atoms with E-state index in [4.69, 9.17) is 0 Å². The van der Waals surface area contributed by atoms with E-state index in [1.54, 1.807) is 0 Å². The first kappa shape index (κ1) is 9.55. The van der Waals surface area contributed by atoms with E-state index >= 15 is 0 Å². The van der Waals surface area contributed by atoms with Crippen molar-refractivity contribution in [3.8, 4) is 0 Å². The molecule has 0 saturated carbocycles. The first-order valence-electron chi connectivity index (χ1n) is 5.50. The van der Waals surface area contributed by atoms with Crippen LogP contribution >= 0.6 is 0 Å². The number of benzene rings is 1. The Morgan fingerprint density at radius 3 is 2.73 bits per heavy atom. The summed E-state index contributed by atoms with van der Waals surface area (Å²) in [6, 6.07) is 8.43. The molecule has 3 rings (SSSR count). The fraction of sp³-hybridized carbons (Fsp3) is 0.500. The molecule has 1 spiro atoms. The van der Waals surface area contributed by atoms with Crippen LogP contribution in [-0.2, 0) is 21.3 Å². The number of nitrogens with one attached hydrogen (secondary N) is 1. The van der Waals surface area contributed by atoms with Crippen molar-refractivity contribution in [2.75, 3.05) is 13.1 Å². The second kappa shape index (κ2) is 3.42. The highest BCUT2D eigenvalue weighted by Crippen LogP contribution is 2.45. The summed E-state index contributed by atoms with van der Waals surface area (Å²) in [5.74, 6) is 0.760. The summed E-state index contributed by atoms with van der Waals surface area (Å²) in [6.07, 6.45) is 2.05. The van der Waals surface area contributed by atoms with Gasteiger partial charge >= 0.3 is 0 Å². The Labute approximate surface area is 92.5 Å². The minimum Gasteiger partial charge on any atom is -0.317 e. The summed E-state index contributed by atoms with van der Waals surface area (Å²) in [5.41, 5.74) is 2.66. The Hall–Kier alpha value is -0.670. The van der Waals surface area contributed by atoms with Crippen molar-refractivity contribution in [3.05, 3.63) is 35.4 Å². The van der Waals surface area contributed by atoms with Crippen molar-refractivity contribution < 1.29 is 4.21 Å². The molecule has 1 saturated heterocycles. The van der Waals surface area contributed by atoms with E-state index in [1.807, 2.05) is 0 Å². The van der Waals surface area contributed by atoms with Crippen molar-refractivity contribution in [1.29, 1.82) is 0 Å². The van der Waals surface area contributed by atoms with Crippen molar-refractivity contribution >= 4 is 10.8 Å². The molecule has 0 radical (unpaired) electrons. The molecule has 2 heterocycles. The molecular formula is C12H15NOS. The van der Waals surface area contributed by atoms with Gasteiger partial charge in [-0.2, -0.15) is 0 Å². The van der Waals surface area contributed by atoms with Gasteiger partial charge in [0.1, 0.15) is 0 Å². The predicted molar refractivity (Wildman–Crippen MR) is 62.1 cm³/mol.